The van der Waals surface area contributed by atoms with Gasteiger partial charge in [0.2, 0.25) is 0 Å². The van der Waals surface area contributed by atoms with Gasteiger partial charge in [0, 0.05) is 29.5 Å². The van der Waals surface area contributed by atoms with E-state index in [4.69, 9.17) is 14.2 Å². The highest BCUT2D eigenvalue weighted by Crippen LogP contribution is 2.48. The maximum absolute atomic E-state index is 11.7. The van der Waals surface area contributed by atoms with Crippen molar-refractivity contribution in [3.05, 3.63) is 22.8 Å². The third kappa shape index (κ3) is 1.31. The minimum atomic E-state index is -0.951. The van der Waals surface area contributed by atoms with Crippen LogP contribution in [-0.4, -0.2) is 37.5 Å². The van der Waals surface area contributed by atoms with Crippen LogP contribution in [0.25, 0.3) is 0 Å². The van der Waals surface area contributed by atoms with Crippen molar-refractivity contribution in [2.45, 2.75) is 18.3 Å². The number of carboxylic acid groups (broad SMARTS) is 1. The van der Waals surface area contributed by atoms with Gasteiger partial charge in [-0.15, -0.1) is 0 Å². The van der Waals surface area contributed by atoms with Crippen LogP contribution < -0.4 is 9.47 Å². The maximum Gasteiger partial charge on any atom is 0.319 e. The summed E-state index contributed by atoms with van der Waals surface area (Å²) in [7, 11) is 0. The first kappa shape index (κ1) is 11.1. The molecule has 3 aliphatic heterocycles. The van der Waals surface area contributed by atoms with Gasteiger partial charge in [-0.3, -0.25) is 4.79 Å². The van der Waals surface area contributed by atoms with Gasteiger partial charge < -0.3 is 19.3 Å². The van der Waals surface area contributed by atoms with E-state index < -0.39 is 11.4 Å². The molecule has 100 valence electrons. The van der Waals surface area contributed by atoms with Crippen molar-refractivity contribution in [2.24, 2.45) is 0 Å². The first-order valence-electron chi connectivity index (χ1n) is 6.48. The lowest BCUT2D eigenvalue weighted by atomic mass is 9.74. The predicted octanol–water partition coefficient (Wildman–Crippen LogP) is 0.909. The number of rotatable bonds is 2. The van der Waals surface area contributed by atoms with Crippen molar-refractivity contribution in [3.63, 3.8) is 0 Å². The number of hydrogen-bond donors (Lipinski definition) is 1. The fourth-order valence-corrected chi connectivity index (χ4v) is 3.17. The first-order chi connectivity index (χ1) is 9.22. The average Bonchev–Trinajstić information content (AvgIpc) is 2.93. The monoisotopic (exact) mass is 262 g/mol. The van der Waals surface area contributed by atoms with Crippen molar-refractivity contribution >= 4 is 5.97 Å². The van der Waals surface area contributed by atoms with Crippen LogP contribution >= 0.6 is 0 Å². The zero-order valence-electron chi connectivity index (χ0n) is 10.4. The Bertz CT molecular complexity index is 541. The highest BCUT2D eigenvalue weighted by molar-refractivity contribution is 5.86. The van der Waals surface area contributed by atoms with E-state index in [0.717, 1.165) is 41.0 Å². The number of hydrogen-bond acceptors (Lipinski definition) is 4. The summed E-state index contributed by atoms with van der Waals surface area (Å²) in [5, 5.41) is 9.62. The number of carboxylic acids is 1. The van der Waals surface area contributed by atoms with Crippen LogP contribution in [0.3, 0.4) is 0 Å². The smallest absolute Gasteiger partial charge is 0.319 e. The van der Waals surface area contributed by atoms with Crippen LogP contribution in [0, 0.1) is 0 Å². The molecule has 5 nitrogen and oxygen atoms in total. The third-order valence-corrected chi connectivity index (χ3v) is 4.24. The van der Waals surface area contributed by atoms with Gasteiger partial charge in [0.1, 0.15) is 16.9 Å². The highest BCUT2D eigenvalue weighted by atomic mass is 16.5. The fourth-order valence-electron chi connectivity index (χ4n) is 3.17. The Morgan fingerprint density at radius 1 is 1.21 bits per heavy atom. The number of fused-ring (bicyclic) bond motifs is 2. The van der Waals surface area contributed by atoms with E-state index in [9.17, 15) is 9.90 Å². The molecule has 0 aromatic heterocycles. The van der Waals surface area contributed by atoms with Gasteiger partial charge in [0.25, 0.3) is 0 Å². The Balaban J connectivity index is 1.98. The highest BCUT2D eigenvalue weighted by Gasteiger charge is 2.52. The van der Waals surface area contributed by atoms with Gasteiger partial charge in [0.15, 0.2) is 0 Å². The molecule has 4 rings (SSSR count). The summed E-state index contributed by atoms with van der Waals surface area (Å²) >= 11 is 0. The van der Waals surface area contributed by atoms with Crippen LogP contribution in [0.4, 0.5) is 0 Å². The summed E-state index contributed by atoms with van der Waals surface area (Å²) in [6, 6.07) is 2.00. The topological polar surface area (TPSA) is 65.0 Å². The van der Waals surface area contributed by atoms with Crippen LogP contribution in [-0.2, 0) is 27.8 Å². The SMILES string of the molecule is O=C(O)C1(c2c3c(cc4c2OCC4)OCC3)COC1. The van der Waals surface area contributed by atoms with Gasteiger partial charge in [-0.05, 0) is 6.07 Å². The molecule has 5 heteroatoms. The number of carbonyl (C=O) groups is 1. The van der Waals surface area contributed by atoms with Crippen LogP contribution in [0.2, 0.25) is 0 Å². The van der Waals surface area contributed by atoms with E-state index >= 15 is 0 Å². The molecule has 0 saturated carbocycles. The zero-order valence-corrected chi connectivity index (χ0v) is 10.4. The molecule has 0 amide bonds. The van der Waals surface area contributed by atoms with Gasteiger partial charge >= 0.3 is 5.97 Å². The second kappa shape index (κ2) is 3.63. The molecule has 0 atom stereocenters. The molecule has 3 aliphatic rings. The quantitative estimate of drug-likeness (QED) is 0.858. The normalized spacial score (nSPS) is 21.9. The molecule has 0 aliphatic carbocycles. The Hall–Kier alpha value is -1.75. The molecule has 0 unspecified atom stereocenters. The van der Waals surface area contributed by atoms with Crippen molar-refractivity contribution in [2.75, 3.05) is 26.4 Å². The minimum absolute atomic E-state index is 0.217. The molecule has 3 heterocycles. The fraction of sp³-hybridized carbons (Fsp3) is 0.500. The van der Waals surface area contributed by atoms with E-state index in [1.54, 1.807) is 0 Å². The summed E-state index contributed by atoms with van der Waals surface area (Å²) in [6.07, 6.45) is 1.56. The Labute approximate surface area is 110 Å². The number of aliphatic carboxylic acids is 1. The maximum atomic E-state index is 11.7. The summed E-state index contributed by atoms with van der Waals surface area (Å²) in [6.45, 7) is 1.66. The van der Waals surface area contributed by atoms with E-state index in [-0.39, 0.29) is 13.2 Å². The molecule has 0 radical (unpaired) electrons. The van der Waals surface area contributed by atoms with Gasteiger partial charge in [-0.25, -0.2) is 0 Å². The first-order valence-corrected chi connectivity index (χ1v) is 6.48. The minimum Gasteiger partial charge on any atom is -0.493 e. The molecule has 1 aromatic rings. The lowest BCUT2D eigenvalue weighted by molar-refractivity contribution is -0.163. The van der Waals surface area contributed by atoms with Crippen LogP contribution in [0.1, 0.15) is 16.7 Å². The molecule has 0 bridgehead atoms. The summed E-state index contributed by atoms with van der Waals surface area (Å²) in [5.74, 6) is 0.749. The summed E-state index contributed by atoms with van der Waals surface area (Å²) < 4.78 is 16.5. The largest absolute Gasteiger partial charge is 0.493 e. The van der Waals surface area contributed by atoms with Gasteiger partial charge in [-0.1, -0.05) is 0 Å². The van der Waals surface area contributed by atoms with E-state index in [1.165, 1.54) is 0 Å². The number of ether oxygens (including phenoxy) is 3. The Kier molecular flexibility index (Phi) is 2.12. The van der Waals surface area contributed by atoms with E-state index in [1.807, 2.05) is 6.07 Å². The van der Waals surface area contributed by atoms with E-state index in [0.29, 0.717) is 13.2 Å². The molecular formula is C14H14O5. The second-order valence-corrected chi connectivity index (χ2v) is 5.29. The molecular weight excluding hydrogens is 248 g/mol. The Morgan fingerprint density at radius 2 is 2.00 bits per heavy atom. The molecule has 0 spiro atoms. The molecule has 1 N–H and O–H groups in total. The predicted molar refractivity (Wildman–Crippen MR) is 65.0 cm³/mol. The van der Waals surface area contributed by atoms with Crippen molar-refractivity contribution in [3.8, 4) is 11.5 Å². The van der Waals surface area contributed by atoms with E-state index in [2.05, 4.69) is 0 Å². The van der Waals surface area contributed by atoms with Gasteiger partial charge in [-0.2, -0.15) is 0 Å². The molecule has 1 saturated heterocycles. The second-order valence-electron chi connectivity index (χ2n) is 5.29. The zero-order chi connectivity index (χ0) is 13.0. The van der Waals surface area contributed by atoms with Crippen molar-refractivity contribution in [1.82, 2.24) is 0 Å². The molecule has 19 heavy (non-hydrogen) atoms. The average molecular weight is 262 g/mol. The lowest BCUT2D eigenvalue weighted by Gasteiger charge is -2.39. The standard InChI is InChI=1S/C14H14O5/c15-13(16)14(6-17-7-14)11-9-2-4-18-10(9)5-8-1-3-19-12(8)11/h5H,1-4,6-7H2,(H,15,16). The van der Waals surface area contributed by atoms with Crippen LogP contribution in [0.5, 0.6) is 11.5 Å². The summed E-state index contributed by atoms with van der Waals surface area (Å²) in [4.78, 5) is 11.7. The molecule has 1 aromatic carbocycles. The number of benzene rings is 1. The van der Waals surface area contributed by atoms with Crippen molar-refractivity contribution in [1.29, 1.82) is 0 Å². The summed E-state index contributed by atoms with van der Waals surface area (Å²) in [5.41, 5.74) is 1.90. The van der Waals surface area contributed by atoms with Gasteiger partial charge in [0.05, 0.1) is 26.4 Å². The molecule has 1 fully saturated rings. The Morgan fingerprint density at radius 3 is 2.68 bits per heavy atom. The third-order valence-electron chi connectivity index (χ3n) is 4.24. The lowest BCUT2D eigenvalue weighted by Crippen LogP contribution is -2.53. The van der Waals surface area contributed by atoms with Crippen molar-refractivity contribution < 1.29 is 24.1 Å². The van der Waals surface area contributed by atoms with Crippen LogP contribution in [0.15, 0.2) is 6.07 Å².